The molecule has 4 heteroatoms. The average Bonchev–Trinajstić information content (AvgIpc) is 2.46. The van der Waals surface area contributed by atoms with E-state index in [2.05, 4.69) is 36.5 Å². The number of nitriles is 1. The Morgan fingerprint density at radius 1 is 1.43 bits per heavy atom. The lowest BCUT2D eigenvalue weighted by Gasteiger charge is -2.17. The van der Waals surface area contributed by atoms with Crippen LogP contribution >= 0.6 is 11.5 Å². The summed E-state index contributed by atoms with van der Waals surface area (Å²) < 4.78 is 4.16. The number of nitrogens with zero attached hydrogens (tertiary/aromatic N) is 2. The van der Waals surface area contributed by atoms with Crippen LogP contribution in [0.2, 0.25) is 0 Å². The second kappa shape index (κ2) is 4.43. The zero-order valence-electron chi connectivity index (χ0n) is 8.96. The largest absolute Gasteiger partial charge is 0.372 e. The van der Waals surface area contributed by atoms with Crippen molar-refractivity contribution in [2.24, 2.45) is 5.92 Å². The Bertz CT molecular complexity index is 349. The monoisotopic (exact) mass is 209 g/mol. The third-order valence-corrected chi connectivity index (χ3v) is 3.20. The minimum absolute atomic E-state index is 0.363. The van der Waals surface area contributed by atoms with Crippen LogP contribution in [-0.2, 0) is 0 Å². The van der Waals surface area contributed by atoms with Crippen LogP contribution in [0.4, 0.5) is 5.00 Å². The molecule has 0 spiro atoms. The fourth-order valence-electron chi connectivity index (χ4n) is 0.973. The van der Waals surface area contributed by atoms with Crippen LogP contribution in [-0.4, -0.2) is 10.4 Å². The molecule has 1 aromatic rings. The number of aromatic nitrogens is 1. The van der Waals surface area contributed by atoms with Crippen molar-refractivity contribution in [3.05, 3.63) is 11.3 Å². The van der Waals surface area contributed by atoms with E-state index in [4.69, 9.17) is 5.26 Å². The lowest BCUT2D eigenvalue weighted by Crippen LogP contribution is -2.21. The van der Waals surface area contributed by atoms with E-state index in [1.165, 1.54) is 11.5 Å². The summed E-state index contributed by atoms with van der Waals surface area (Å²) >= 11 is 1.36. The Labute approximate surface area is 88.9 Å². The second-order valence-corrected chi connectivity index (χ2v) is 4.53. The Morgan fingerprint density at radius 2 is 2.07 bits per heavy atom. The van der Waals surface area contributed by atoms with E-state index in [9.17, 15) is 0 Å². The normalized spacial score (nSPS) is 12.6. The molecule has 0 saturated heterocycles. The van der Waals surface area contributed by atoms with Gasteiger partial charge in [-0.3, -0.25) is 0 Å². The van der Waals surface area contributed by atoms with Gasteiger partial charge in [-0.15, -0.1) is 0 Å². The minimum Gasteiger partial charge on any atom is -0.372 e. The summed E-state index contributed by atoms with van der Waals surface area (Å²) in [6.45, 7) is 8.27. The van der Waals surface area contributed by atoms with E-state index in [0.29, 0.717) is 17.5 Å². The van der Waals surface area contributed by atoms with Gasteiger partial charge in [-0.05, 0) is 31.3 Å². The molecular formula is C10H15N3S. The highest BCUT2D eigenvalue weighted by atomic mass is 32.1. The molecule has 1 atom stereocenters. The van der Waals surface area contributed by atoms with Crippen LogP contribution < -0.4 is 5.32 Å². The SMILES string of the molecule is Cc1nsc(NC(C)C(C)C)c1C#N. The average molecular weight is 209 g/mol. The summed E-state index contributed by atoms with van der Waals surface area (Å²) in [5.41, 5.74) is 1.50. The summed E-state index contributed by atoms with van der Waals surface area (Å²) in [4.78, 5) is 0. The van der Waals surface area contributed by atoms with Crippen LogP contribution in [0.25, 0.3) is 0 Å². The van der Waals surface area contributed by atoms with Gasteiger partial charge in [-0.1, -0.05) is 13.8 Å². The van der Waals surface area contributed by atoms with Crippen LogP contribution in [0.3, 0.4) is 0 Å². The topological polar surface area (TPSA) is 48.7 Å². The maximum Gasteiger partial charge on any atom is 0.127 e. The maximum atomic E-state index is 8.92. The number of rotatable bonds is 3. The van der Waals surface area contributed by atoms with Crippen molar-refractivity contribution in [1.29, 1.82) is 5.26 Å². The molecule has 1 unspecified atom stereocenters. The zero-order valence-corrected chi connectivity index (χ0v) is 9.77. The molecule has 0 aliphatic rings. The number of hydrogen-bond donors (Lipinski definition) is 1. The number of nitrogens with one attached hydrogen (secondary N) is 1. The zero-order chi connectivity index (χ0) is 10.7. The Kier molecular flexibility index (Phi) is 3.48. The molecular weight excluding hydrogens is 194 g/mol. The van der Waals surface area contributed by atoms with E-state index < -0.39 is 0 Å². The molecule has 0 radical (unpaired) electrons. The molecule has 1 heterocycles. The van der Waals surface area contributed by atoms with Crippen molar-refractivity contribution in [3.63, 3.8) is 0 Å². The number of anilines is 1. The van der Waals surface area contributed by atoms with Crippen molar-refractivity contribution in [2.75, 3.05) is 5.32 Å². The highest BCUT2D eigenvalue weighted by Crippen LogP contribution is 2.25. The van der Waals surface area contributed by atoms with Gasteiger partial charge in [0.05, 0.1) is 5.69 Å². The van der Waals surface area contributed by atoms with Gasteiger partial charge >= 0.3 is 0 Å². The molecule has 76 valence electrons. The third kappa shape index (κ3) is 2.24. The van der Waals surface area contributed by atoms with E-state index in [1.54, 1.807) is 0 Å². The fourth-order valence-corrected chi connectivity index (χ4v) is 1.82. The predicted octanol–water partition coefficient (Wildman–Crippen LogP) is 2.78. The van der Waals surface area contributed by atoms with E-state index in [1.807, 2.05) is 6.92 Å². The molecule has 0 aliphatic carbocycles. The van der Waals surface area contributed by atoms with Gasteiger partial charge in [0.2, 0.25) is 0 Å². The summed E-state index contributed by atoms with van der Waals surface area (Å²) in [5, 5.41) is 13.1. The molecule has 0 aliphatic heterocycles. The third-order valence-electron chi connectivity index (χ3n) is 2.33. The Morgan fingerprint density at radius 3 is 2.57 bits per heavy atom. The van der Waals surface area contributed by atoms with Crippen molar-refractivity contribution in [3.8, 4) is 6.07 Å². The molecule has 3 nitrogen and oxygen atoms in total. The van der Waals surface area contributed by atoms with Gasteiger partial charge in [0.25, 0.3) is 0 Å². The standard InChI is InChI=1S/C10H15N3S/c1-6(2)7(3)12-10-9(5-11)8(4)13-14-10/h6-7,12H,1-4H3. The van der Waals surface area contributed by atoms with Crippen molar-refractivity contribution < 1.29 is 0 Å². The van der Waals surface area contributed by atoms with Crippen molar-refractivity contribution >= 4 is 16.5 Å². The summed E-state index contributed by atoms with van der Waals surface area (Å²) in [5.74, 6) is 0.545. The van der Waals surface area contributed by atoms with Crippen molar-refractivity contribution in [2.45, 2.75) is 33.7 Å². The molecule has 1 aromatic heterocycles. The second-order valence-electron chi connectivity index (χ2n) is 3.76. The van der Waals surface area contributed by atoms with Crippen molar-refractivity contribution in [1.82, 2.24) is 4.37 Å². The molecule has 0 aromatic carbocycles. The minimum atomic E-state index is 0.363. The number of hydrogen-bond acceptors (Lipinski definition) is 4. The Hall–Kier alpha value is -1.08. The summed E-state index contributed by atoms with van der Waals surface area (Å²) in [6, 6.07) is 2.54. The highest BCUT2D eigenvalue weighted by molar-refractivity contribution is 7.10. The Balaban J connectivity index is 2.83. The van der Waals surface area contributed by atoms with Gasteiger partial charge in [0.1, 0.15) is 16.6 Å². The van der Waals surface area contributed by atoms with E-state index in [-0.39, 0.29) is 0 Å². The summed E-state index contributed by atoms with van der Waals surface area (Å²) in [7, 11) is 0. The van der Waals surface area contributed by atoms with Gasteiger partial charge in [-0.25, -0.2) is 0 Å². The first-order chi connectivity index (χ1) is 6.56. The van der Waals surface area contributed by atoms with E-state index >= 15 is 0 Å². The molecule has 14 heavy (non-hydrogen) atoms. The first-order valence-electron chi connectivity index (χ1n) is 4.69. The number of aryl methyl sites for hydroxylation is 1. The predicted molar refractivity (Wildman–Crippen MR) is 59.5 cm³/mol. The van der Waals surface area contributed by atoms with Crippen LogP contribution in [0.1, 0.15) is 32.0 Å². The first-order valence-corrected chi connectivity index (χ1v) is 5.46. The molecule has 0 saturated carbocycles. The van der Waals surface area contributed by atoms with Crippen LogP contribution in [0.15, 0.2) is 0 Å². The molecule has 0 amide bonds. The maximum absolute atomic E-state index is 8.92. The highest BCUT2D eigenvalue weighted by Gasteiger charge is 2.13. The van der Waals surface area contributed by atoms with Gasteiger partial charge < -0.3 is 5.32 Å². The molecule has 0 fully saturated rings. The molecule has 1 N–H and O–H groups in total. The van der Waals surface area contributed by atoms with Gasteiger partial charge in [0.15, 0.2) is 0 Å². The van der Waals surface area contributed by atoms with Gasteiger partial charge in [-0.2, -0.15) is 9.64 Å². The molecule has 0 bridgehead atoms. The quantitative estimate of drug-likeness (QED) is 0.832. The lowest BCUT2D eigenvalue weighted by molar-refractivity contribution is 0.561. The van der Waals surface area contributed by atoms with Gasteiger partial charge in [0, 0.05) is 6.04 Å². The molecule has 1 rings (SSSR count). The van der Waals surface area contributed by atoms with Crippen LogP contribution in [0, 0.1) is 24.2 Å². The first kappa shape index (κ1) is 11.0. The fraction of sp³-hybridized carbons (Fsp3) is 0.600. The smallest absolute Gasteiger partial charge is 0.127 e. The lowest BCUT2D eigenvalue weighted by atomic mass is 10.1. The summed E-state index contributed by atoms with van der Waals surface area (Å²) in [6.07, 6.45) is 0. The van der Waals surface area contributed by atoms with E-state index in [0.717, 1.165) is 10.7 Å². The van der Waals surface area contributed by atoms with Crippen LogP contribution in [0.5, 0.6) is 0 Å².